The van der Waals surface area contributed by atoms with Crippen molar-refractivity contribution in [2.45, 2.75) is 24.7 Å². The number of hydrogen-bond donors (Lipinski definition) is 0. The Hall–Kier alpha value is -3.18. The van der Waals surface area contributed by atoms with Crippen LogP contribution in [-0.2, 0) is 21.2 Å². The van der Waals surface area contributed by atoms with Crippen LogP contribution in [0.2, 0.25) is 0 Å². The molecule has 11 heteroatoms. The molecule has 1 saturated heterocycles. The van der Waals surface area contributed by atoms with E-state index in [1.165, 1.54) is 4.90 Å². The molecule has 1 amide bonds. The van der Waals surface area contributed by atoms with E-state index in [0.29, 0.717) is 17.8 Å². The predicted octanol–water partition coefficient (Wildman–Crippen LogP) is 2.79. The van der Waals surface area contributed by atoms with Gasteiger partial charge in [0, 0.05) is 44.6 Å². The molecular weight excluding hydrogens is 454 g/mol. The average Bonchev–Trinajstić information content (AvgIpc) is 3.28. The van der Waals surface area contributed by atoms with Gasteiger partial charge >= 0.3 is 0 Å². The topological polar surface area (TPSA) is 96.6 Å². The van der Waals surface area contributed by atoms with Crippen molar-refractivity contribution in [2.24, 2.45) is 0 Å². The molecule has 0 N–H and O–H groups in total. The Balaban J connectivity index is 1.32. The van der Waals surface area contributed by atoms with Crippen molar-refractivity contribution in [3.63, 3.8) is 0 Å². The SMILES string of the molecule is Cc1ccc(-c2noc(CCC(=O)N3CCN(S(=O)(=O)c4cc(F)ccc4F)CC3)n2)cc1. The lowest BCUT2D eigenvalue weighted by molar-refractivity contribution is -0.132. The Morgan fingerprint density at radius 1 is 1.06 bits per heavy atom. The second-order valence-corrected chi connectivity index (χ2v) is 9.64. The molecule has 0 atom stereocenters. The molecule has 0 radical (unpaired) electrons. The zero-order chi connectivity index (χ0) is 23.6. The lowest BCUT2D eigenvalue weighted by Gasteiger charge is -2.34. The fourth-order valence-electron chi connectivity index (χ4n) is 3.54. The van der Waals surface area contributed by atoms with Crippen LogP contribution >= 0.6 is 0 Å². The van der Waals surface area contributed by atoms with Crippen molar-refractivity contribution in [1.29, 1.82) is 0 Å². The molecule has 3 aromatic rings. The van der Waals surface area contributed by atoms with Gasteiger partial charge in [0.1, 0.15) is 16.5 Å². The number of piperazine rings is 1. The molecule has 1 fully saturated rings. The van der Waals surface area contributed by atoms with E-state index in [-0.39, 0.29) is 44.9 Å². The van der Waals surface area contributed by atoms with Crippen molar-refractivity contribution < 1.29 is 26.5 Å². The van der Waals surface area contributed by atoms with Gasteiger partial charge in [0.05, 0.1) is 0 Å². The largest absolute Gasteiger partial charge is 0.340 e. The Kier molecular flexibility index (Phi) is 6.52. The molecule has 174 valence electrons. The van der Waals surface area contributed by atoms with Crippen LogP contribution in [-0.4, -0.2) is 59.8 Å². The van der Waals surface area contributed by atoms with Crippen molar-refractivity contribution in [2.75, 3.05) is 26.2 Å². The van der Waals surface area contributed by atoms with E-state index in [1.54, 1.807) is 0 Å². The number of aromatic nitrogens is 2. The average molecular weight is 477 g/mol. The third-order valence-corrected chi connectivity index (χ3v) is 7.35. The molecule has 1 aliphatic heterocycles. The smallest absolute Gasteiger partial charge is 0.246 e. The summed E-state index contributed by atoms with van der Waals surface area (Å²) < 4.78 is 59.0. The van der Waals surface area contributed by atoms with Gasteiger partial charge in [-0.05, 0) is 25.1 Å². The fourth-order valence-corrected chi connectivity index (χ4v) is 5.04. The minimum absolute atomic E-state index is 0.0117. The fraction of sp³-hybridized carbons (Fsp3) is 0.318. The van der Waals surface area contributed by atoms with Gasteiger partial charge < -0.3 is 9.42 Å². The number of amides is 1. The van der Waals surface area contributed by atoms with E-state index in [1.807, 2.05) is 31.2 Å². The first-order valence-corrected chi connectivity index (χ1v) is 11.8. The van der Waals surface area contributed by atoms with Crippen molar-refractivity contribution in [3.05, 3.63) is 65.6 Å². The number of nitrogens with zero attached hydrogens (tertiary/aromatic N) is 4. The summed E-state index contributed by atoms with van der Waals surface area (Å²) in [4.78, 5) is 17.7. The number of carbonyl (C=O) groups is 1. The Labute approximate surface area is 189 Å². The van der Waals surface area contributed by atoms with Gasteiger partial charge in [-0.2, -0.15) is 9.29 Å². The Bertz CT molecular complexity index is 1250. The maximum Gasteiger partial charge on any atom is 0.246 e. The summed E-state index contributed by atoms with van der Waals surface area (Å²) in [5.74, 6) is -1.25. The minimum atomic E-state index is -4.20. The number of rotatable bonds is 6. The highest BCUT2D eigenvalue weighted by Crippen LogP contribution is 2.22. The van der Waals surface area contributed by atoms with Crippen LogP contribution in [0, 0.1) is 18.6 Å². The summed E-state index contributed by atoms with van der Waals surface area (Å²) in [7, 11) is -4.20. The lowest BCUT2D eigenvalue weighted by atomic mass is 10.1. The number of sulfonamides is 1. The summed E-state index contributed by atoms with van der Waals surface area (Å²) in [5, 5.41) is 3.94. The zero-order valence-electron chi connectivity index (χ0n) is 17.9. The maximum atomic E-state index is 14.0. The van der Waals surface area contributed by atoms with Crippen LogP contribution in [0.1, 0.15) is 17.9 Å². The normalized spacial score (nSPS) is 15.1. The number of carbonyl (C=O) groups excluding carboxylic acids is 1. The molecule has 4 rings (SSSR count). The van der Waals surface area contributed by atoms with Gasteiger partial charge in [-0.1, -0.05) is 35.0 Å². The van der Waals surface area contributed by atoms with E-state index >= 15 is 0 Å². The molecule has 1 aliphatic rings. The van der Waals surface area contributed by atoms with Gasteiger partial charge in [0.15, 0.2) is 0 Å². The quantitative estimate of drug-likeness (QED) is 0.543. The highest BCUT2D eigenvalue weighted by molar-refractivity contribution is 7.89. The van der Waals surface area contributed by atoms with E-state index in [2.05, 4.69) is 10.1 Å². The molecule has 0 aliphatic carbocycles. The molecule has 2 aromatic carbocycles. The second-order valence-electron chi connectivity index (χ2n) is 7.74. The lowest BCUT2D eigenvalue weighted by Crippen LogP contribution is -2.50. The molecule has 33 heavy (non-hydrogen) atoms. The van der Waals surface area contributed by atoms with Gasteiger partial charge in [-0.25, -0.2) is 17.2 Å². The molecule has 8 nitrogen and oxygen atoms in total. The first-order valence-electron chi connectivity index (χ1n) is 10.4. The minimum Gasteiger partial charge on any atom is -0.340 e. The van der Waals surface area contributed by atoms with Crippen LogP contribution < -0.4 is 0 Å². The highest BCUT2D eigenvalue weighted by atomic mass is 32.2. The highest BCUT2D eigenvalue weighted by Gasteiger charge is 2.32. The van der Waals surface area contributed by atoms with Crippen LogP contribution in [0.15, 0.2) is 51.9 Å². The van der Waals surface area contributed by atoms with Crippen LogP contribution in [0.25, 0.3) is 11.4 Å². The van der Waals surface area contributed by atoms with E-state index < -0.39 is 26.6 Å². The summed E-state index contributed by atoms with van der Waals surface area (Å²) in [6, 6.07) is 9.96. The number of benzene rings is 2. The second kappa shape index (κ2) is 9.36. The molecule has 2 heterocycles. The van der Waals surface area contributed by atoms with E-state index in [0.717, 1.165) is 27.6 Å². The Morgan fingerprint density at radius 2 is 1.76 bits per heavy atom. The molecule has 1 aromatic heterocycles. The van der Waals surface area contributed by atoms with Gasteiger partial charge in [0.2, 0.25) is 27.6 Å². The number of hydrogen-bond acceptors (Lipinski definition) is 6. The first kappa shape index (κ1) is 23.0. The van der Waals surface area contributed by atoms with Crippen LogP contribution in [0.3, 0.4) is 0 Å². The van der Waals surface area contributed by atoms with Crippen molar-refractivity contribution in [1.82, 2.24) is 19.3 Å². The van der Waals surface area contributed by atoms with Crippen LogP contribution in [0.4, 0.5) is 8.78 Å². The predicted molar refractivity (Wildman–Crippen MR) is 114 cm³/mol. The standard InChI is InChI=1S/C22H22F2N4O4S/c1-15-2-4-16(5-3-15)22-25-20(32-26-22)8-9-21(29)27-10-12-28(13-11-27)33(30,31)19-14-17(23)6-7-18(19)24/h2-7,14H,8-13H2,1H3. The summed E-state index contributed by atoms with van der Waals surface area (Å²) >= 11 is 0. The molecular formula is C22H22F2N4O4S. The van der Waals surface area contributed by atoms with Crippen molar-refractivity contribution >= 4 is 15.9 Å². The van der Waals surface area contributed by atoms with Crippen molar-refractivity contribution in [3.8, 4) is 11.4 Å². The monoisotopic (exact) mass is 476 g/mol. The van der Waals surface area contributed by atoms with Crippen LogP contribution in [0.5, 0.6) is 0 Å². The summed E-state index contributed by atoms with van der Waals surface area (Å²) in [6.07, 6.45) is 0.380. The van der Waals surface area contributed by atoms with Gasteiger partial charge in [-0.15, -0.1) is 0 Å². The maximum absolute atomic E-state index is 14.0. The number of aryl methyl sites for hydroxylation is 2. The van der Waals surface area contributed by atoms with E-state index in [9.17, 15) is 22.0 Å². The van der Waals surface area contributed by atoms with E-state index in [4.69, 9.17) is 4.52 Å². The molecule has 0 bridgehead atoms. The third-order valence-electron chi connectivity index (χ3n) is 5.43. The summed E-state index contributed by atoms with van der Waals surface area (Å²) in [5.41, 5.74) is 1.93. The van der Waals surface area contributed by atoms with Gasteiger partial charge in [-0.3, -0.25) is 4.79 Å². The number of halogens is 2. The Morgan fingerprint density at radius 3 is 2.45 bits per heavy atom. The third kappa shape index (κ3) is 5.09. The first-order chi connectivity index (χ1) is 15.7. The molecule has 0 unspecified atom stereocenters. The molecule has 0 spiro atoms. The molecule has 0 saturated carbocycles. The summed E-state index contributed by atoms with van der Waals surface area (Å²) in [6.45, 7) is 2.25. The van der Waals surface area contributed by atoms with Gasteiger partial charge in [0.25, 0.3) is 0 Å². The zero-order valence-corrected chi connectivity index (χ0v) is 18.7.